The highest BCUT2D eigenvalue weighted by Crippen LogP contribution is 2.39. The number of piperidine rings is 1. The molecule has 2 saturated heterocycles. The summed E-state index contributed by atoms with van der Waals surface area (Å²) in [6, 6.07) is 16.4. The Balaban J connectivity index is 1.27. The van der Waals surface area contributed by atoms with E-state index in [2.05, 4.69) is 33.5 Å². The molecule has 2 unspecified atom stereocenters. The number of carboxylic acids is 1. The van der Waals surface area contributed by atoms with E-state index in [1.807, 2.05) is 45.0 Å². The second-order valence-electron chi connectivity index (χ2n) is 13.8. The van der Waals surface area contributed by atoms with Gasteiger partial charge in [0.2, 0.25) is 0 Å². The summed E-state index contributed by atoms with van der Waals surface area (Å²) < 4.78 is 21.7. The van der Waals surface area contributed by atoms with Crippen molar-refractivity contribution in [3.8, 4) is 11.8 Å². The van der Waals surface area contributed by atoms with Gasteiger partial charge in [0.05, 0.1) is 18.4 Å². The van der Waals surface area contributed by atoms with Gasteiger partial charge in [0.25, 0.3) is 0 Å². The molecule has 5 rings (SSSR count). The fraction of sp³-hybridized carbons (Fsp3) is 0.528. The number of hydrogen-bond acceptors (Lipinski definition) is 6. The van der Waals surface area contributed by atoms with Crippen molar-refractivity contribution >= 4 is 5.97 Å². The Bertz CT molecular complexity index is 1530. The highest BCUT2D eigenvalue weighted by atomic mass is 19.1. The Labute approximate surface area is 266 Å². The number of hydrogen-bond donors (Lipinski definition) is 1. The Morgan fingerprint density at radius 3 is 2.53 bits per heavy atom. The lowest BCUT2D eigenvalue weighted by Gasteiger charge is -2.36. The summed E-state index contributed by atoms with van der Waals surface area (Å²) in [5.74, 6) is 0.224. The molecule has 8 nitrogen and oxygen atoms in total. The van der Waals surface area contributed by atoms with Crippen LogP contribution in [0.1, 0.15) is 80.5 Å². The summed E-state index contributed by atoms with van der Waals surface area (Å²) in [5.41, 5.74) is 4.36. The number of rotatable bonds is 10. The van der Waals surface area contributed by atoms with Gasteiger partial charge in [-0.3, -0.25) is 14.4 Å². The van der Waals surface area contributed by atoms with Gasteiger partial charge in [0, 0.05) is 50.1 Å². The molecule has 2 fully saturated rings. The summed E-state index contributed by atoms with van der Waals surface area (Å²) in [6.07, 6.45) is 2.70. The van der Waals surface area contributed by atoms with E-state index >= 15 is 0 Å². The summed E-state index contributed by atoms with van der Waals surface area (Å²) in [5, 5.41) is 24.6. The van der Waals surface area contributed by atoms with Gasteiger partial charge in [-0.05, 0) is 85.6 Å². The first kappa shape index (κ1) is 32.6. The summed E-state index contributed by atoms with van der Waals surface area (Å²) >= 11 is 0. The van der Waals surface area contributed by atoms with E-state index in [9.17, 15) is 19.6 Å². The minimum atomic E-state index is -0.800. The van der Waals surface area contributed by atoms with Crippen LogP contribution in [-0.2, 0) is 17.8 Å². The number of carbonyl (C=O) groups is 1. The highest BCUT2D eigenvalue weighted by molar-refractivity contribution is 5.74. The number of likely N-dealkylation sites (tertiary alicyclic amines) is 2. The molecule has 3 heterocycles. The number of nitriles is 1. The Morgan fingerprint density at radius 2 is 1.91 bits per heavy atom. The average molecular weight is 616 g/mol. The predicted octanol–water partition coefficient (Wildman–Crippen LogP) is 5.91. The molecule has 0 bridgehead atoms. The lowest BCUT2D eigenvalue weighted by molar-refractivity contribution is -0.147. The van der Waals surface area contributed by atoms with Crippen LogP contribution in [0.5, 0.6) is 5.75 Å². The van der Waals surface area contributed by atoms with Crippen molar-refractivity contribution in [2.24, 2.45) is 11.3 Å². The molecule has 0 saturated carbocycles. The maximum absolute atomic E-state index is 14.3. The maximum Gasteiger partial charge on any atom is 0.321 e. The van der Waals surface area contributed by atoms with Gasteiger partial charge in [0.15, 0.2) is 0 Å². The van der Waals surface area contributed by atoms with Gasteiger partial charge in [-0.25, -0.2) is 4.39 Å². The molecule has 2 aromatic carbocycles. The van der Waals surface area contributed by atoms with E-state index in [0.717, 1.165) is 55.8 Å². The number of benzene rings is 2. The molecule has 0 spiro atoms. The molecule has 0 amide bonds. The van der Waals surface area contributed by atoms with Crippen LogP contribution in [0, 0.1) is 28.5 Å². The van der Waals surface area contributed by atoms with Gasteiger partial charge in [-0.2, -0.15) is 10.4 Å². The van der Waals surface area contributed by atoms with Gasteiger partial charge < -0.3 is 14.7 Å². The number of aromatic nitrogens is 2. The van der Waals surface area contributed by atoms with Crippen LogP contribution in [0.25, 0.3) is 0 Å². The van der Waals surface area contributed by atoms with E-state index in [0.29, 0.717) is 36.7 Å². The van der Waals surface area contributed by atoms with E-state index in [-0.39, 0.29) is 17.7 Å². The van der Waals surface area contributed by atoms with E-state index in [1.165, 1.54) is 11.8 Å². The summed E-state index contributed by atoms with van der Waals surface area (Å²) in [7, 11) is 1.57. The minimum Gasteiger partial charge on any atom is -0.495 e. The quantitative estimate of drug-likeness (QED) is 0.303. The van der Waals surface area contributed by atoms with Crippen molar-refractivity contribution in [1.82, 2.24) is 19.6 Å². The molecule has 0 aliphatic carbocycles. The maximum atomic E-state index is 14.3. The number of aliphatic carboxylic acids is 1. The Morgan fingerprint density at radius 1 is 1.16 bits per heavy atom. The number of nitrogens with zero attached hydrogens (tertiary/aromatic N) is 5. The van der Waals surface area contributed by atoms with E-state index in [1.54, 1.807) is 19.2 Å². The first-order chi connectivity index (χ1) is 21.5. The molecule has 2 aliphatic rings. The largest absolute Gasteiger partial charge is 0.495 e. The number of aryl methyl sites for hydroxylation is 1. The third-order valence-corrected chi connectivity index (χ3v) is 9.59. The summed E-state index contributed by atoms with van der Waals surface area (Å²) in [4.78, 5) is 17.0. The fourth-order valence-electron chi connectivity index (χ4n) is 7.55. The molecule has 1 aromatic heterocycles. The van der Waals surface area contributed by atoms with Crippen LogP contribution in [0.2, 0.25) is 0 Å². The summed E-state index contributed by atoms with van der Waals surface area (Å²) in [6.45, 7) is 12.9. The van der Waals surface area contributed by atoms with Crippen LogP contribution in [0.3, 0.4) is 0 Å². The molecule has 240 valence electrons. The van der Waals surface area contributed by atoms with Crippen LogP contribution in [0.4, 0.5) is 4.39 Å². The van der Waals surface area contributed by atoms with Gasteiger partial charge >= 0.3 is 5.97 Å². The number of carboxylic acid groups (broad SMARTS) is 1. The lowest BCUT2D eigenvalue weighted by Crippen LogP contribution is -2.48. The van der Waals surface area contributed by atoms with Crippen LogP contribution >= 0.6 is 0 Å². The van der Waals surface area contributed by atoms with Crippen molar-refractivity contribution < 1.29 is 19.0 Å². The molecule has 2 aliphatic heterocycles. The van der Waals surface area contributed by atoms with Crippen molar-refractivity contribution in [3.63, 3.8) is 0 Å². The third-order valence-electron chi connectivity index (χ3n) is 9.59. The molecule has 45 heavy (non-hydrogen) atoms. The van der Waals surface area contributed by atoms with Crippen molar-refractivity contribution in [2.45, 2.75) is 71.4 Å². The topological polar surface area (TPSA) is 94.6 Å². The minimum absolute atomic E-state index is 0.0752. The first-order valence-electron chi connectivity index (χ1n) is 16.1. The smallest absolute Gasteiger partial charge is 0.321 e. The third kappa shape index (κ3) is 7.40. The van der Waals surface area contributed by atoms with Crippen molar-refractivity contribution in [2.75, 3.05) is 39.8 Å². The van der Waals surface area contributed by atoms with Gasteiger partial charge in [-0.15, -0.1) is 0 Å². The average Bonchev–Trinajstić information content (AvgIpc) is 3.60. The predicted molar refractivity (Wildman–Crippen MR) is 172 cm³/mol. The Kier molecular flexibility index (Phi) is 9.95. The second-order valence-corrected chi connectivity index (χ2v) is 13.8. The van der Waals surface area contributed by atoms with Crippen molar-refractivity contribution in [1.29, 1.82) is 5.26 Å². The van der Waals surface area contributed by atoms with Crippen molar-refractivity contribution in [3.05, 3.63) is 82.4 Å². The molecule has 3 atom stereocenters. The number of ether oxygens (including phenoxy) is 1. The molecule has 1 N–H and O–H groups in total. The highest BCUT2D eigenvalue weighted by Gasteiger charge is 2.44. The molecule has 3 aromatic rings. The van der Waals surface area contributed by atoms with Gasteiger partial charge in [-0.1, -0.05) is 39.0 Å². The van der Waals surface area contributed by atoms with Crippen LogP contribution in [-0.4, -0.2) is 76.5 Å². The second kappa shape index (κ2) is 13.7. The normalized spacial score (nSPS) is 20.6. The van der Waals surface area contributed by atoms with E-state index in [4.69, 9.17) is 9.84 Å². The van der Waals surface area contributed by atoms with Gasteiger partial charge in [0.1, 0.15) is 23.7 Å². The van der Waals surface area contributed by atoms with Crippen LogP contribution < -0.4 is 4.74 Å². The number of halogens is 1. The fourth-order valence-corrected chi connectivity index (χ4v) is 7.55. The first-order valence-corrected chi connectivity index (χ1v) is 16.1. The zero-order chi connectivity index (χ0) is 32.3. The Hall–Kier alpha value is -3.74. The standard InChI is InChI=1S/C36H46FN5O3/c1-6-42-32(19-30(39-42)17-24-10-11-33(45-5)27(16-24)20-38)25-12-14-40(15-13-25)21-28-22-41(34(35(43)44)36(2,3)4)23-31(28)26-8-7-9-29(37)18-26/h7-11,16,18-19,25,28,31,34H,6,12-15,17,21-23H2,1-5H3,(H,43,44)/t28-,31?,34?/m0/s1. The zero-order valence-electron chi connectivity index (χ0n) is 27.2. The lowest BCUT2D eigenvalue weighted by atomic mass is 9.85. The molecule has 9 heteroatoms. The number of methoxy groups -OCH3 is 1. The zero-order valence-corrected chi connectivity index (χ0v) is 27.2. The molecular weight excluding hydrogens is 569 g/mol. The monoisotopic (exact) mass is 615 g/mol. The molecular formula is C36H46FN5O3. The van der Waals surface area contributed by atoms with E-state index < -0.39 is 17.4 Å². The molecule has 0 radical (unpaired) electrons. The van der Waals surface area contributed by atoms with Crippen LogP contribution in [0.15, 0.2) is 48.5 Å². The SMILES string of the molecule is CCn1nc(Cc2ccc(OC)c(C#N)c2)cc1C1CCN(C[C@H]2CN(C(C(=O)O)C(C)(C)C)CC2c2cccc(F)c2)CC1.